The maximum absolute atomic E-state index is 13.0. The molecule has 1 amide bonds. The summed E-state index contributed by atoms with van der Waals surface area (Å²) in [6, 6.07) is 11.8. The lowest BCUT2D eigenvalue weighted by Gasteiger charge is -2.17. The summed E-state index contributed by atoms with van der Waals surface area (Å²) in [6.45, 7) is 2.58. The molecule has 31 heavy (non-hydrogen) atoms. The molecule has 3 aromatic rings. The van der Waals surface area contributed by atoms with E-state index >= 15 is 0 Å². The molecule has 6 heteroatoms. The maximum atomic E-state index is 13.0. The van der Waals surface area contributed by atoms with Crippen LogP contribution in [0.25, 0.3) is 11.3 Å². The Morgan fingerprint density at radius 1 is 1.16 bits per heavy atom. The number of rotatable bonds is 5. The largest absolute Gasteiger partial charge is 0.497 e. The molecule has 158 valence electrons. The van der Waals surface area contributed by atoms with Crippen molar-refractivity contribution in [2.24, 2.45) is 11.8 Å². The van der Waals surface area contributed by atoms with Crippen molar-refractivity contribution in [3.63, 3.8) is 0 Å². The standard InChI is InChI=1S/C25H26N4O2/c1-31-20-4-2-3-18(11-20)24-23-21-15-28(25(30)17-7-9-26-10-8-17)14-19(21)12-22(23)29(27-24)13-16-5-6-16/h2-4,7-11,16,19,21H,5-6,12-15H2,1H3/t19-,21+/m1/s1. The predicted molar refractivity (Wildman–Crippen MR) is 117 cm³/mol. The Balaban J connectivity index is 1.36. The highest BCUT2D eigenvalue weighted by Crippen LogP contribution is 2.48. The molecule has 6 rings (SSSR count). The van der Waals surface area contributed by atoms with Crippen molar-refractivity contribution in [1.82, 2.24) is 19.7 Å². The quantitative estimate of drug-likeness (QED) is 0.638. The van der Waals surface area contributed by atoms with Gasteiger partial charge < -0.3 is 9.64 Å². The van der Waals surface area contributed by atoms with Crippen LogP contribution in [-0.4, -0.2) is 45.8 Å². The second kappa shape index (κ2) is 7.22. The molecule has 2 aromatic heterocycles. The van der Waals surface area contributed by atoms with E-state index in [1.807, 2.05) is 17.0 Å². The van der Waals surface area contributed by atoms with Gasteiger partial charge in [0, 0.05) is 60.3 Å². The van der Waals surface area contributed by atoms with Crippen LogP contribution < -0.4 is 4.74 Å². The first-order valence-electron chi connectivity index (χ1n) is 11.1. The molecule has 2 fully saturated rings. The Bertz CT molecular complexity index is 1140. The van der Waals surface area contributed by atoms with E-state index in [1.54, 1.807) is 31.6 Å². The normalized spacial score (nSPS) is 21.8. The second-order valence-corrected chi connectivity index (χ2v) is 9.08. The van der Waals surface area contributed by atoms with Crippen molar-refractivity contribution in [1.29, 1.82) is 0 Å². The van der Waals surface area contributed by atoms with Crippen molar-refractivity contribution < 1.29 is 9.53 Å². The zero-order valence-corrected chi connectivity index (χ0v) is 17.7. The number of aromatic nitrogens is 3. The van der Waals surface area contributed by atoms with Crippen molar-refractivity contribution in [2.75, 3.05) is 20.2 Å². The summed E-state index contributed by atoms with van der Waals surface area (Å²) < 4.78 is 7.74. The van der Waals surface area contributed by atoms with Gasteiger partial charge in [-0.05, 0) is 55.4 Å². The van der Waals surface area contributed by atoms with E-state index in [-0.39, 0.29) is 5.91 Å². The Kier molecular flexibility index (Phi) is 4.33. The van der Waals surface area contributed by atoms with Crippen LogP contribution in [0.15, 0.2) is 48.8 Å². The molecular formula is C25H26N4O2. The summed E-state index contributed by atoms with van der Waals surface area (Å²) >= 11 is 0. The van der Waals surface area contributed by atoms with E-state index in [0.29, 0.717) is 17.4 Å². The second-order valence-electron chi connectivity index (χ2n) is 9.08. The first-order valence-corrected chi connectivity index (χ1v) is 11.1. The first-order chi connectivity index (χ1) is 15.2. The molecule has 0 spiro atoms. The molecule has 2 aliphatic carbocycles. The minimum atomic E-state index is 0.103. The monoisotopic (exact) mass is 414 g/mol. The summed E-state index contributed by atoms with van der Waals surface area (Å²) in [5.74, 6) is 2.53. The highest BCUT2D eigenvalue weighted by molar-refractivity contribution is 5.94. The molecule has 0 N–H and O–H groups in total. The summed E-state index contributed by atoms with van der Waals surface area (Å²) in [4.78, 5) is 19.1. The highest BCUT2D eigenvalue weighted by atomic mass is 16.5. The third kappa shape index (κ3) is 3.21. The van der Waals surface area contributed by atoms with Gasteiger partial charge in [-0.15, -0.1) is 0 Å². The molecule has 3 heterocycles. The number of hydrogen-bond donors (Lipinski definition) is 0. The Morgan fingerprint density at radius 3 is 2.77 bits per heavy atom. The number of benzene rings is 1. The van der Waals surface area contributed by atoms with Crippen LogP contribution in [0, 0.1) is 11.8 Å². The third-order valence-electron chi connectivity index (χ3n) is 7.05. The lowest BCUT2D eigenvalue weighted by Crippen LogP contribution is -2.29. The molecule has 1 aromatic carbocycles. The molecule has 2 atom stereocenters. The fraction of sp³-hybridized carbons (Fsp3) is 0.400. The van der Waals surface area contributed by atoms with Crippen LogP contribution in [0.5, 0.6) is 5.75 Å². The number of fused-ring (bicyclic) bond motifs is 3. The Labute approximate surface area is 181 Å². The molecule has 1 aliphatic heterocycles. The Morgan fingerprint density at radius 2 is 2.00 bits per heavy atom. The summed E-state index contributed by atoms with van der Waals surface area (Å²) in [6.07, 6.45) is 6.99. The van der Waals surface area contributed by atoms with Gasteiger partial charge in [-0.1, -0.05) is 12.1 Å². The molecular weight excluding hydrogens is 388 g/mol. The van der Waals surface area contributed by atoms with E-state index < -0.39 is 0 Å². The number of likely N-dealkylation sites (tertiary alicyclic amines) is 1. The van der Waals surface area contributed by atoms with E-state index in [9.17, 15) is 4.79 Å². The van der Waals surface area contributed by atoms with E-state index in [1.165, 1.54) is 24.1 Å². The number of amides is 1. The number of carbonyl (C=O) groups is 1. The first kappa shape index (κ1) is 18.6. The van der Waals surface area contributed by atoms with Gasteiger partial charge in [0.25, 0.3) is 5.91 Å². The van der Waals surface area contributed by atoms with Crippen molar-refractivity contribution in [2.45, 2.75) is 31.7 Å². The minimum Gasteiger partial charge on any atom is -0.497 e. The number of hydrogen-bond acceptors (Lipinski definition) is 4. The number of ether oxygens (including phenoxy) is 1. The molecule has 0 bridgehead atoms. The van der Waals surface area contributed by atoms with Crippen LogP contribution in [-0.2, 0) is 13.0 Å². The molecule has 3 aliphatic rings. The van der Waals surface area contributed by atoms with Gasteiger partial charge in [0.05, 0.1) is 12.8 Å². The number of nitrogens with zero attached hydrogens (tertiary/aromatic N) is 4. The number of carbonyl (C=O) groups excluding carboxylic acids is 1. The zero-order valence-electron chi connectivity index (χ0n) is 17.7. The van der Waals surface area contributed by atoms with E-state index in [2.05, 4.69) is 21.8 Å². The molecule has 1 saturated heterocycles. The zero-order chi connectivity index (χ0) is 20.9. The SMILES string of the molecule is COc1cccc(-c2nn(CC3CC3)c3c2[C@H]2CN(C(=O)c4ccncc4)C[C@H]2C3)c1. The molecule has 0 unspecified atom stereocenters. The maximum Gasteiger partial charge on any atom is 0.253 e. The fourth-order valence-corrected chi connectivity index (χ4v) is 5.29. The smallest absolute Gasteiger partial charge is 0.253 e. The van der Waals surface area contributed by atoms with Crippen molar-refractivity contribution in [3.05, 3.63) is 65.6 Å². The Hall–Kier alpha value is -3.15. The van der Waals surface area contributed by atoms with Gasteiger partial charge in [-0.2, -0.15) is 5.10 Å². The van der Waals surface area contributed by atoms with Crippen LogP contribution in [0.3, 0.4) is 0 Å². The van der Waals surface area contributed by atoms with Gasteiger partial charge in [-0.25, -0.2) is 0 Å². The van der Waals surface area contributed by atoms with Crippen LogP contribution in [0.4, 0.5) is 0 Å². The lowest BCUT2D eigenvalue weighted by molar-refractivity contribution is 0.0785. The highest BCUT2D eigenvalue weighted by Gasteiger charge is 2.46. The van der Waals surface area contributed by atoms with Gasteiger partial charge in [-0.3, -0.25) is 14.5 Å². The summed E-state index contributed by atoms with van der Waals surface area (Å²) in [5, 5.41) is 5.10. The van der Waals surface area contributed by atoms with E-state index in [4.69, 9.17) is 9.84 Å². The van der Waals surface area contributed by atoms with Crippen LogP contribution in [0.2, 0.25) is 0 Å². The minimum absolute atomic E-state index is 0.103. The molecule has 1 saturated carbocycles. The summed E-state index contributed by atoms with van der Waals surface area (Å²) in [7, 11) is 1.70. The number of pyridine rings is 1. The third-order valence-corrected chi connectivity index (χ3v) is 7.05. The summed E-state index contributed by atoms with van der Waals surface area (Å²) in [5.41, 5.74) is 5.62. The molecule has 6 nitrogen and oxygen atoms in total. The van der Waals surface area contributed by atoms with Crippen LogP contribution in [0.1, 0.15) is 40.4 Å². The number of methoxy groups -OCH3 is 1. The van der Waals surface area contributed by atoms with Crippen molar-refractivity contribution >= 4 is 5.91 Å². The van der Waals surface area contributed by atoms with Gasteiger partial charge >= 0.3 is 0 Å². The van der Waals surface area contributed by atoms with Gasteiger partial charge in [0.2, 0.25) is 0 Å². The predicted octanol–water partition coefficient (Wildman–Crippen LogP) is 3.78. The van der Waals surface area contributed by atoms with E-state index in [0.717, 1.165) is 49.0 Å². The van der Waals surface area contributed by atoms with Gasteiger partial charge in [0.1, 0.15) is 5.75 Å². The van der Waals surface area contributed by atoms with Gasteiger partial charge in [0.15, 0.2) is 0 Å². The average Bonchev–Trinajstić information content (AvgIpc) is 3.28. The average molecular weight is 415 g/mol. The van der Waals surface area contributed by atoms with Crippen molar-refractivity contribution in [3.8, 4) is 17.0 Å². The fourth-order valence-electron chi connectivity index (χ4n) is 5.29. The topological polar surface area (TPSA) is 60.2 Å². The lowest BCUT2D eigenvalue weighted by atomic mass is 9.94. The van der Waals surface area contributed by atoms with Crippen LogP contribution >= 0.6 is 0 Å². The molecule has 0 radical (unpaired) electrons.